The maximum atomic E-state index is 12.2. The summed E-state index contributed by atoms with van der Waals surface area (Å²) >= 11 is 5.15. The third-order valence-electron chi connectivity index (χ3n) is 3.45. The lowest BCUT2D eigenvalue weighted by Gasteiger charge is -2.12. The molecule has 0 aliphatic heterocycles. The molecule has 0 aromatic heterocycles. The highest BCUT2D eigenvalue weighted by atomic mass is 32.1. The average Bonchev–Trinajstić information content (AvgIpc) is 2.66. The molecule has 0 heterocycles. The standard InChI is InChI=1S/C18H21N3O3S/c1-23-15-10-14(11-16(12-15)24-2)17(22)20-21-18(25)19-9-8-13-6-4-3-5-7-13/h3-7,10-12H,8-9H2,1-2H3,(H,20,22)(H2,19,21,25). The van der Waals surface area contributed by atoms with Crippen LogP contribution in [-0.4, -0.2) is 31.8 Å². The minimum absolute atomic E-state index is 0.343. The molecule has 2 aromatic carbocycles. The first-order valence-electron chi connectivity index (χ1n) is 7.73. The minimum Gasteiger partial charge on any atom is -0.497 e. The van der Waals surface area contributed by atoms with E-state index in [0.29, 0.717) is 28.7 Å². The van der Waals surface area contributed by atoms with E-state index in [1.54, 1.807) is 18.2 Å². The Kier molecular flexibility index (Phi) is 7.03. The summed E-state index contributed by atoms with van der Waals surface area (Å²) in [7, 11) is 3.06. The SMILES string of the molecule is COc1cc(OC)cc(C(=O)NNC(=S)NCCc2ccccc2)c1. The minimum atomic E-state index is -0.343. The largest absolute Gasteiger partial charge is 0.497 e. The van der Waals surface area contributed by atoms with Gasteiger partial charge in [-0.1, -0.05) is 30.3 Å². The zero-order valence-corrected chi connectivity index (χ0v) is 15.0. The van der Waals surface area contributed by atoms with Crippen molar-refractivity contribution in [2.75, 3.05) is 20.8 Å². The van der Waals surface area contributed by atoms with Crippen LogP contribution in [0.25, 0.3) is 0 Å². The second kappa shape index (κ2) is 9.48. The molecule has 0 aliphatic carbocycles. The molecular weight excluding hydrogens is 338 g/mol. The van der Waals surface area contributed by atoms with Gasteiger partial charge in [-0.05, 0) is 36.3 Å². The number of ether oxygens (including phenoxy) is 2. The second-order valence-electron chi connectivity index (χ2n) is 5.17. The fourth-order valence-electron chi connectivity index (χ4n) is 2.13. The van der Waals surface area contributed by atoms with Crippen molar-refractivity contribution < 1.29 is 14.3 Å². The lowest BCUT2D eigenvalue weighted by atomic mass is 10.1. The lowest BCUT2D eigenvalue weighted by molar-refractivity contribution is 0.0943. The Morgan fingerprint density at radius 2 is 1.64 bits per heavy atom. The summed E-state index contributed by atoms with van der Waals surface area (Å²) in [5.74, 6) is 0.727. The van der Waals surface area contributed by atoms with Crippen molar-refractivity contribution in [2.45, 2.75) is 6.42 Å². The number of carbonyl (C=O) groups excluding carboxylic acids is 1. The lowest BCUT2D eigenvalue weighted by Crippen LogP contribution is -2.47. The predicted molar refractivity (Wildman–Crippen MR) is 101 cm³/mol. The molecule has 132 valence electrons. The molecule has 0 saturated carbocycles. The predicted octanol–water partition coefficient (Wildman–Crippen LogP) is 2.06. The van der Waals surface area contributed by atoms with Gasteiger partial charge in [-0.2, -0.15) is 0 Å². The average molecular weight is 359 g/mol. The molecule has 0 atom stereocenters. The van der Waals surface area contributed by atoms with Gasteiger partial charge in [-0.25, -0.2) is 0 Å². The van der Waals surface area contributed by atoms with Gasteiger partial charge in [0, 0.05) is 18.2 Å². The highest BCUT2D eigenvalue weighted by Crippen LogP contribution is 2.22. The van der Waals surface area contributed by atoms with Crippen LogP contribution in [0.3, 0.4) is 0 Å². The molecular formula is C18H21N3O3S. The van der Waals surface area contributed by atoms with Crippen molar-refractivity contribution >= 4 is 23.2 Å². The summed E-state index contributed by atoms with van der Waals surface area (Å²) in [6, 6.07) is 15.0. The summed E-state index contributed by atoms with van der Waals surface area (Å²) in [4.78, 5) is 12.2. The van der Waals surface area contributed by atoms with Crippen LogP contribution in [0.1, 0.15) is 15.9 Å². The van der Waals surface area contributed by atoms with Gasteiger partial charge >= 0.3 is 0 Å². The Balaban J connectivity index is 1.80. The Labute approximate surface area is 152 Å². The van der Waals surface area contributed by atoms with Gasteiger partial charge in [-0.15, -0.1) is 0 Å². The Morgan fingerprint density at radius 1 is 1.00 bits per heavy atom. The molecule has 6 nitrogen and oxygen atoms in total. The molecule has 0 unspecified atom stereocenters. The van der Waals surface area contributed by atoms with Crippen molar-refractivity contribution in [2.24, 2.45) is 0 Å². The monoisotopic (exact) mass is 359 g/mol. The van der Waals surface area contributed by atoms with E-state index < -0.39 is 0 Å². The summed E-state index contributed by atoms with van der Waals surface area (Å²) in [6.07, 6.45) is 0.837. The maximum absolute atomic E-state index is 12.2. The van der Waals surface area contributed by atoms with Gasteiger partial charge in [0.2, 0.25) is 0 Å². The Hall–Kier alpha value is -2.80. The third kappa shape index (κ3) is 5.96. The molecule has 0 bridgehead atoms. The van der Waals surface area contributed by atoms with Crippen LogP contribution in [0.2, 0.25) is 0 Å². The highest BCUT2D eigenvalue weighted by molar-refractivity contribution is 7.80. The van der Waals surface area contributed by atoms with Gasteiger partial charge in [0.15, 0.2) is 5.11 Å². The molecule has 2 aromatic rings. The van der Waals surface area contributed by atoms with Crippen molar-refractivity contribution in [1.82, 2.24) is 16.2 Å². The van der Waals surface area contributed by atoms with Gasteiger partial charge in [0.25, 0.3) is 5.91 Å². The van der Waals surface area contributed by atoms with Crippen molar-refractivity contribution in [3.63, 3.8) is 0 Å². The third-order valence-corrected chi connectivity index (χ3v) is 3.69. The fraction of sp³-hybridized carbons (Fsp3) is 0.222. The molecule has 0 radical (unpaired) electrons. The van der Waals surface area contributed by atoms with E-state index in [4.69, 9.17) is 21.7 Å². The van der Waals surface area contributed by atoms with E-state index in [2.05, 4.69) is 28.3 Å². The van der Waals surface area contributed by atoms with Crippen molar-refractivity contribution in [3.8, 4) is 11.5 Å². The molecule has 25 heavy (non-hydrogen) atoms. The van der Waals surface area contributed by atoms with Gasteiger partial charge < -0.3 is 14.8 Å². The summed E-state index contributed by atoms with van der Waals surface area (Å²) in [5.41, 5.74) is 6.84. The summed E-state index contributed by atoms with van der Waals surface area (Å²) in [5, 5.41) is 3.39. The van der Waals surface area contributed by atoms with Crippen LogP contribution in [0.5, 0.6) is 11.5 Å². The number of hydrogen-bond donors (Lipinski definition) is 3. The molecule has 0 fully saturated rings. The number of benzene rings is 2. The highest BCUT2D eigenvalue weighted by Gasteiger charge is 2.10. The first-order valence-corrected chi connectivity index (χ1v) is 8.14. The quantitative estimate of drug-likeness (QED) is 0.542. The topological polar surface area (TPSA) is 71.6 Å². The van der Waals surface area contributed by atoms with Crippen molar-refractivity contribution in [1.29, 1.82) is 0 Å². The molecule has 1 amide bonds. The number of thiocarbonyl (C=S) groups is 1. The zero-order valence-electron chi connectivity index (χ0n) is 14.2. The van der Waals surface area contributed by atoms with E-state index in [0.717, 1.165) is 6.42 Å². The first kappa shape index (κ1) is 18.5. The van der Waals surface area contributed by atoms with Crippen LogP contribution in [0.15, 0.2) is 48.5 Å². The molecule has 3 N–H and O–H groups in total. The maximum Gasteiger partial charge on any atom is 0.269 e. The smallest absolute Gasteiger partial charge is 0.269 e. The molecule has 2 rings (SSSR count). The number of hydrogen-bond acceptors (Lipinski definition) is 4. The molecule has 0 saturated heterocycles. The van der Waals surface area contributed by atoms with E-state index >= 15 is 0 Å². The number of methoxy groups -OCH3 is 2. The molecule has 0 spiro atoms. The molecule has 0 aliphatic rings. The number of nitrogens with one attached hydrogen (secondary N) is 3. The zero-order chi connectivity index (χ0) is 18.1. The summed E-state index contributed by atoms with van der Waals surface area (Å²) < 4.78 is 10.3. The van der Waals surface area contributed by atoms with E-state index in [1.807, 2.05) is 18.2 Å². The van der Waals surface area contributed by atoms with Gasteiger partial charge in [0.1, 0.15) is 11.5 Å². The number of amides is 1. The number of rotatable bonds is 6. The second-order valence-corrected chi connectivity index (χ2v) is 5.58. The fourth-order valence-corrected chi connectivity index (χ4v) is 2.29. The number of carbonyl (C=O) groups is 1. The van der Waals surface area contributed by atoms with Gasteiger partial charge in [0.05, 0.1) is 14.2 Å². The van der Waals surface area contributed by atoms with E-state index in [-0.39, 0.29) is 5.91 Å². The van der Waals surface area contributed by atoms with Crippen LogP contribution in [-0.2, 0) is 6.42 Å². The summed E-state index contributed by atoms with van der Waals surface area (Å²) in [6.45, 7) is 0.665. The van der Waals surface area contributed by atoms with E-state index in [1.165, 1.54) is 19.8 Å². The van der Waals surface area contributed by atoms with Crippen LogP contribution >= 0.6 is 12.2 Å². The van der Waals surface area contributed by atoms with Crippen molar-refractivity contribution in [3.05, 3.63) is 59.7 Å². The normalized spacial score (nSPS) is 9.84. The Bertz CT molecular complexity index is 701. The van der Waals surface area contributed by atoms with E-state index in [9.17, 15) is 4.79 Å². The van der Waals surface area contributed by atoms with Crippen LogP contribution in [0, 0.1) is 0 Å². The Morgan fingerprint density at radius 3 is 2.24 bits per heavy atom. The first-order chi connectivity index (χ1) is 12.1. The van der Waals surface area contributed by atoms with Gasteiger partial charge in [-0.3, -0.25) is 15.6 Å². The van der Waals surface area contributed by atoms with Crippen LogP contribution < -0.4 is 25.6 Å². The number of hydrazine groups is 1. The molecule has 7 heteroatoms. The van der Waals surface area contributed by atoms with Crippen LogP contribution in [0.4, 0.5) is 0 Å².